The van der Waals surface area contributed by atoms with Crippen molar-refractivity contribution in [1.82, 2.24) is 20.6 Å². The number of nitrogens with one attached hydrogen (secondary N) is 4. The summed E-state index contributed by atoms with van der Waals surface area (Å²) in [7, 11) is 0. The second kappa shape index (κ2) is 6.49. The molecule has 0 spiro atoms. The van der Waals surface area contributed by atoms with E-state index in [2.05, 4.69) is 52.5 Å². The minimum absolute atomic E-state index is 0.241. The number of hydrogen-bond donors (Lipinski definition) is 4. The van der Waals surface area contributed by atoms with Crippen molar-refractivity contribution in [3.63, 3.8) is 0 Å². The van der Waals surface area contributed by atoms with Crippen LogP contribution in [0.2, 0.25) is 0 Å². The van der Waals surface area contributed by atoms with E-state index in [1.54, 1.807) is 12.4 Å². The van der Waals surface area contributed by atoms with Crippen molar-refractivity contribution in [2.24, 2.45) is 0 Å². The third-order valence-corrected chi connectivity index (χ3v) is 6.06. The average molecular weight is 502 g/mol. The van der Waals surface area contributed by atoms with E-state index in [0.717, 1.165) is 41.9 Å². The molecule has 0 radical (unpaired) electrons. The molecule has 0 unspecified atom stereocenters. The molecule has 2 aromatic carbocycles. The highest BCUT2D eigenvalue weighted by Crippen LogP contribution is 2.32. The molecule has 4 aromatic rings. The van der Waals surface area contributed by atoms with Crippen molar-refractivity contribution in [3.05, 3.63) is 68.9 Å². The molecule has 0 aliphatic carbocycles. The average Bonchev–Trinajstić information content (AvgIpc) is 3.27. The van der Waals surface area contributed by atoms with Gasteiger partial charge in [0.2, 0.25) is 11.8 Å². The van der Waals surface area contributed by atoms with Gasteiger partial charge in [0.05, 0.1) is 0 Å². The van der Waals surface area contributed by atoms with Crippen molar-refractivity contribution in [1.29, 1.82) is 0 Å². The second-order valence-corrected chi connectivity index (χ2v) is 8.58. The smallest absolute Gasteiger partial charge is 0.248 e. The van der Waals surface area contributed by atoms with Crippen LogP contribution in [-0.2, 0) is 9.59 Å². The molecule has 2 aromatic heterocycles. The Morgan fingerprint density at radius 3 is 1.54 bits per heavy atom. The number of benzene rings is 2. The largest absolute Gasteiger partial charge is 0.361 e. The number of aromatic nitrogens is 2. The van der Waals surface area contributed by atoms with E-state index in [9.17, 15) is 9.59 Å². The van der Waals surface area contributed by atoms with E-state index < -0.39 is 12.1 Å². The molecule has 5 rings (SSSR count). The summed E-state index contributed by atoms with van der Waals surface area (Å²) < 4.78 is 1.82. The molecule has 6 nitrogen and oxygen atoms in total. The van der Waals surface area contributed by atoms with E-state index in [0.29, 0.717) is 0 Å². The number of carbonyl (C=O) groups excluding carboxylic acids is 2. The maximum absolute atomic E-state index is 12.9. The Balaban J connectivity index is 1.51. The summed E-state index contributed by atoms with van der Waals surface area (Å²) >= 11 is 6.92. The Morgan fingerprint density at radius 1 is 0.679 bits per heavy atom. The SMILES string of the molecule is O=C1N[C@@H](c2c[nH]c3ccc(Br)cc23)C(=O)N[C@H]1c1c[nH]c2ccc(Br)cc12. The second-order valence-electron chi connectivity index (χ2n) is 6.75. The third kappa shape index (κ3) is 2.75. The van der Waals surface area contributed by atoms with Crippen molar-refractivity contribution in [2.45, 2.75) is 12.1 Å². The van der Waals surface area contributed by atoms with Gasteiger partial charge < -0.3 is 20.6 Å². The van der Waals surface area contributed by atoms with Gasteiger partial charge in [0.15, 0.2) is 0 Å². The molecule has 1 aliphatic heterocycles. The van der Waals surface area contributed by atoms with Gasteiger partial charge in [-0.3, -0.25) is 9.59 Å². The van der Waals surface area contributed by atoms with Crippen LogP contribution in [0, 0.1) is 0 Å². The number of aromatic amines is 2. The Hall–Kier alpha value is -2.58. The van der Waals surface area contributed by atoms with Crippen LogP contribution in [0.15, 0.2) is 57.7 Å². The highest BCUT2D eigenvalue weighted by Gasteiger charge is 2.37. The molecule has 140 valence electrons. The van der Waals surface area contributed by atoms with Crippen LogP contribution in [0.5, 0.6) is 0 Å². The topological polar surface area (TPSA) is 89.8 Å². The Morgan fingerprint density at radius 2 is 1.11 bits per heavy atom. The quantitative estimate of drug-likeness (QED) is 0.331. The number of fused-ring (bicyclic) bond motifs is 2. The van der Waals surface area contributed by atoms with Gasteiger partial charge in [-0.2, -0.15) is 0 Å². The molecule has 4 N–H and O–H groups in total. The summed E-state index contributed by atoms with van der Waals surface area (Å²) in [5, 5.41) is 7.56. The summed E-state index contributed by atoms with van der Waals surface area (Å²) in [6, 6.07) is 10.1. The first-order chi connectivity index (χ1) is 13.5. The summed E-state index contributed by atoms with van der Waals surface area (Å²) in [5.74, 6) is -0.482. The van der Waals surface area contributed by atoms with Crippen LogP contribution < -0.4 is 10.6 Å². The zero-order valence-electron chi connectivity index (χ0n) is 14.3. The molecule has 2 amide bonds. The van der Waals surface area contributed by atoms with E-state index in [1.165, 1.54) is 0 Å². The summed E-state index contributed by atoms with van der Waals surface area (Å²) in [5.41, 5.74) is 3.29. The first-order valence-corrected chi connectivity index (χ1v) is 10.2. The van der Waals surface area contributed by atoms with Crippen LogP contribution in [0.3, 0.4) is 0 Å². The van der Waals surface area contributed by atoms with Gasteiger partial charge in [0.1, 0.15) is 12.1 Å². The molecule has 1 saturated heterocycles. The molecule has 28 heavy (non-hydrogen) atoms. The number of amides is 2. The number of piperazine rings is 1. The number of rotatable bonds is 2. The fourth-order valence-electron chi connectivity index (χ4n) is 3.73. The van der Waals surface area contributed by atoms with Gasteiger partial charge in [0.25, 0.3) is 0 Å². The minimum atomic E-state index is -0.747. The lowest BCUT2D eigenvalue weighted by Gasteiger charge is -2.29. The predicted molar refractivity (Wildman–Crippen MR) is 114 cm³/mol. The highest BCUT2D eigenvalue weighted by atomic mass is 79.9. The zero-order chi connectivity index (χ0) is 19.4. The first kappa shape index (κ1) is 17.5. The van der Waals surface area contributed by atoms with Crippen molar-refractivity contribution in [2.75, 3.05) is 0 Å². The summed E-state index contributed by atoms with van der Waals surface area (Å²) in [4.78, 5) is 32.1. The number of carbonyl (C=O) groups is 2. The van der Waals surface area contributed by atoms with Crippen LogP contribution in [0.25, 0.3) is 21.8 Å². The maximum atomic E-state index is 12.9. The fraction of sp³-hybridized carbons (Fsp3) is 0.100. The predicted octanol–water partition coefficient (Wildman–Crippen LogP) is 4.20. The van der Waals surface area contributed by atoms with Gasteiger partial charge in [-0.1, -0.05) is 31.9 Å². The van der Waals surface area contributed by atoms with E-state index in [-0.39, 0.29) is 11.8 Å². The molecule has 8 heteroatoms. The Kier molecular flexibility index (Phi) is 4.06. The first-order valence-electron chi connectivity index (χ1n) is 8.65. The highest BCUT2D eigenvalue weighted by molar-refractivity contribution is 9.10. The summed E-state index contributed by atoms with van der Waals surface area (Å²) in [6.07, 6.45) is 3.54. The summed E-state index contributed by atoms with van der Waals surface area (Å²) in [6.45, 7) is 0. The molecule has 1 fully saturated rings. The normalized spacial score (nSPS) is 19.8. The van der Waals surface area contributed by atoms with Gasteiger partial charge in [-0.15, -0.1) is 0 Å². The molecular weight excluding hydrogens is 488 g/mol. The van der Waals surface area contributed by atoms with Crippen LogP contribution >= 0.6 is 31.9 Å². The molecule has 1 aliphatic rings. The van der Waals surface area contributed by atoms with Gasteiger partial charge in [-0.25, -0.2) is 0 Å². The lowest BCUT2D eigenvalue weighted by atomic mass is 9.98. The number of hydrogen-bond acceptors (Lipinski definition) is 2. The minimum Gasteiger partial charge on any atom is -0.361 e. The van der Waals surface area contributed by atoms with Crippen molar-refractivity contribution < 1.29 is 9.59 Å². The van der Waals surface area contributed by atoms with E-state index >= 15 is 0 Å². The monoisotopic (exact) mass is 500 g/mol. The standard InChI is InChI=1S/C20H14Br2N4O2/c21-9-1-3-15-11(5-9)13(7-23-15)17-19(27)26-18(20(28)25-17)14-8-24-16-4-2-10(22)6-12(14)16/h1-8,17-18,23-24H,(H,25,28)(H,26,27)/t17-,18-/m0/s1. The lowest BCUT2D eigenvalue weighted by Crippen LogP contribution is -2.52. The molecule has 0 bridgehead atoms. The Labute approximate surface area is 176 Å². The van der Waals surface area contributed by atoms with Crippen LogP contribution in [-0.4, -0.2) is 21.8 Å². The maximum Gasteiger partial charge on any atom is 0.248 e. The van der Waals surface area contributed by atoms with E-state index in [1.807, 2.05) is 36.4 Å². The van der Waals surface area contributed by atoms with Gasteiger partial charge in [-0.05, 0) is 36.4 Å². The number of halogens is 2. The lowest BCUT2D eigenvalue weighted by molar-refractivity contribution is -0.137. The van der Waals surface area contributed by atoms with Crippen LogP contribution in [0.1, 0.15) is 23.2 Å². The van der Waals surface area contributed by atoms with Gasteiger partial charge in [0, 0.05) is 54.3 Å². The Bertz CT molecular complexity index is 1160. The molecule has 0 saturated carbocycles. The number of H-pyrrole nitrogens is 2. The van der Waals surface area contributed by atoms with Crippen LogP contribution in [0.4, 0.5) is 0 Å². The van der Waals surface area contributed by atoms with E-state index in [4.69, 9.17) is 0 Å². The fourth-order valence-corrected chi connectivity index (χ4v) is 4.45. The van der Waals surface area contributed by atoms with Crippen molar-refractivity contribution in [3.8, 4) is 0 Å². The molecule has 3 heterocycles. The third-order valence-electron chi connectivity index (χ3n) is 5.07. The van der Waals surface area contributed by atoms with Crippen molar-refractivity contribution >= 4 is 65.5 Å². The molecular formula is C20H14Br2N4O2. The molecule has 2 atom stereocenters. The zero-order valence-corrected chi connectivity index (χ0v) is 17.5. The van der Waals surface area contributed by atoms with Gasteiger partial charge >= 0.3 is 0 Å².